The van der Waals surface area contributed by atoms with E-state index in [4.69, 9.17) is 14.2 Å². The monoisotopic (exact) mass is 682 g/mol. The van der Waals surface area contributed by atoms with Crippen LogP contribution in [0.1, 0.15) is 59.2 Å². The first-order valence-electron chi connectivity index (χ1n) is 15.5. The van der Waals surface area contributed by atoms with Crippen LogP contribution < -0.4 is 30.2 Å². The minimum atomic E-state index is -4.65. The number of nitrogens with one attached hydrogen (secondary N) is 3. The molecule has 48 heavy (non-hydrogen) atoms. The van der Waals surface area contributed by atoms with E-state index in [1.54, 1.807) is 0 Å². The quantitative estimate of drug-likeness (QED) is 0.352. The first kappa shape index (κ1) is 31.3. The van der Waals surface area contributed by atoms with Crippen LogP contribution in [-0.4, -0.2) is 101 Å². The van der Waals surface area contributed by atoms with Crippen molar-refractivity contribution in [2.24, 2.45) is 0 Å². The fourth-order valence-corrected chi connectivity index (χ4v) is 8.25. The lowest BCUT2D eigenvalue weighted by atomic mass is 9.43. The molecule has 1 aromatic carbocycles. The highest BCUT2D eigenvalue weighted by atomic mass is 19.4. The summed E-state index contributed by atoms with van der Waals surface area (Å²) in [5.41, 5.74) is -4.72. The minimum absolute atomic E-state index is 0.0231. The number of nitrogens with zero attached hydrogens (tertiary/aromatic N) is 3. The average molecular weight is 683 g/mol. The molecular weight excluding hydrogens is 651 g/mol. The van der Waals surface area contributed by atoms with E-state index in [-0.39, 0.29) is 52.4 Å². The Bertz CT molecular complexity index is 1670. The normalized spacial score (nSPS) is 32.6. The standard InChI is InChI=1S/C30H31F5N6O7/c1-44-24-20(21(36-15-37-24)39-26-10-27(11-26,12-26)41-4-6-45-7-5-41)23(43)38-17-9-19-18(47-30(34,35)48-19)8-16(17)22(42)40-25-2-3-28(13-25,46-14-25)29(31,32)33/h8-9,15H,2-7,10-14H2,1H3,(H,38,43)(H,40,42)(H,36,37,39). The van der Waals surface area contributed by atoms with Gasteiger partial charge in [-0.15, -0.1) is 8.78 Å². The van der Waals surface area contributed by atoms with Crippen molar-refractivity contribution in [3.63, 3.8) is 0 Å². The summed E-state index contributed by atoms with van der Waals surface area (Å²) in [5.74, 6) is -2.67. The molecule has 258 valence electrons. The number of methoxy groups -OCH3 is 1. The SMILES string of the molecule is COc1ncnc(NC23CC(N4CCOCC4)(C2)C3)c1C(=O)Nc1cc2c(cc1C(=O)NC13CCC(C(F)(F)F)(C1)OC3)OC(F)(F)O2. The molecule has 18 heteroatoms. The van der Waals surface area contributed by atoms with Crippen molar-refractivity contribution >= 4 is 23.3 Å². The van der Waals surface area contributed by atoms with Crippen LogP contribution in [0.3, 0.4) is 0 Å². The number of ether oxygens (including phenoxy) is 5. The van der Waals surface area contributed by atoms with Crippen LogP contribution in [0.4, 0.5) is 33.5 Å². The van der Waals surface area contributed by atoms with Gasteiger partial charge in [0.25, 0.3) is 11.8 Å². The number of morpholine rings is 1. The van der Waals surface area contributed by atoms with Crippen molar-refractivity contribution < 1.29 is 55.2 Å². The molecule has 0 radical (unpaired) electrons. The number of fused-ring (bicyclic) bond motifs is 3. The van der Waals surface area contributed by atoms with Crippen LogP contribution >= 0.6 is 0 Å². The van der Waals surface area contributed by atoms with Crippen LogP contribution in [0.15, 0.2) is 18.5 Å². The molecule has 3 N–H and O–H groups in total. The van der Waals surface area contributed by atoms with Crippen molar-refractivity contribution in [3.8, 4) is 17.4 Å². The van der Waals surface area contributed by atoms with Gasteiger partial charge in [-0.25, -0.2) is 9.97 Å². The molecule has 3 aliphatic heterocycles. The van der Waals surface area contributed by atoms with E-state index in [0.29, 0.717) is 13.2 Å². The van der Waals surface area contributed by atoms with Crippen LogP contribution in [0.25, 0.3) is 0 Å². The van der Waals surface area contributed by atoms with Crippen molar-refractivity contribution in [1.29, 1.82) is 0 Å². The Hall–Kier alpha value is -4.03. The maximum atomic E-state index is 14.0. The number of amides is 2. The summed E-state index contributed by atoms with van der Waals surface area (Å²) < 4.78 is 94.4. The summed E-state index contributed by atoms with van der Waals surface area (Å²) in [5, 5.41) is 8.55. The summed E-state index contributed by atoms with van der Waals surface area (Å²) in [4.78, 5) is 38.4. The zero-order chi connectivity index (χ0) is 33.7. The fraction of sp³-hybridized carbons (Fsp3) is 0.600. The van der Waals surface area contributed by atoms with Gasteiger partial charge in [0.15, 0.2) is 17.1 Å². The highest BCUT2D eigenvalue weighted by molar-refractivity contribution is 6.12. The fourth-order valence-electron chi connectivity index (χ4n) is 8.25. The summed E-state index contributed by atoms with van der Waals surface area (Å²) in [6.45, 7) is 2.65. The number of anilines is 2. The average Bonchev–Trinajstić information content (AvgIpc) is 3.66. The van der Waals surface area contributed by atoms with Gasteiger partial charge in [0.1, 0.15) is 17.7 Å². The molecule has 2 atom stereocenters. The van der Waals surface area contributed by atoms with Gasteiger partial charge in [0.05, 0.1) is 43.7 Å². The Morgan fingerprint density at radius 1 is 0.958 bits per heavy atom. The summed E-state index contributed by atoms with van der Waals surface area (Å²) in [6, 6.07) is 1.92. The lowest BCUT2D eigenvalue weighted by Gasteiger charge is -2.74. The third-order valence-corrected chi connectivity index (χ3v) is 10.5. The number of hydrogen-bond acceptors (Lipinski definition) is 11. The molecule has 2 unspecified atom stereocenters. The second-order valence-electron chi connectivity index (χ2n) is 13.5. The predicted octanol–water partition coefficient (Wildman–Crippen LogP) is 3.46. The molecule has 1 aromatic heterocycles. The minimum Gasteiger partial charge on any atom is -0.480 e. The van der Waals surface area contributed by atoms with Gasteiger partial charge in [0, 0.05) is 36.7 Å². The molecule has 2 amide bonds. The number of hydrogen-bond donors (Lipinski definition) is 3. The Balaban J connectivity index is 1.06. The Kier molecular flexibility index (Phi) is 6.67. The van der Waals surface area contributed by atoms with Gasteiger partial charge in [-0.3, -0.25) is 14.5 Å². The lowest BCUT2D eigenvalue weighted by molar-refractivity contribution is -0.286. The number of halogens is 5. The first-order valence-corrected chi connectivity index (χ1v) is 15.5. The maximum Gasteiger partial charge on any atom is 0.586 e. The topological polar surface area (TPSA) is 145 Å². The van der Waals surface area contributed by atoms with Gasteiger partial charge in [0.2, 0.25) is 5.88 Å². The van der Waals surface area contributed by atoms with Crippen molar-refractivity contribution in [2.45, 2.75) is 73.2 Å². The van der Waals surface area contributed by atoms with Gasteiger partial charge in [-0.1, -0.05) is 0 Å². The summed E-state index contributed by atoms with van der Waals surface area (Å²) >= 11 is 0. The van der Waals surface area contributed by atoms with Crippen molar-refractivity contribution in [3.05, 3.63) is 29.6 Å². The molecule has 9 rings (SSSR count). The molecule has 7 aliphatic rings. The maximum absolute atomic E-state index is 14.0. The summed E-state index contributed by atoms with van der Waals surface area (Å²) in [7, 11) is 1.31. The molecule has 2 saturated heterocycles. The smallest absolute Gasteiger partial charge is 0.480 e. The van der Waals surface area contributed by atoms with E-state index in [1.165, 1.54) is 13.4 Å². The number of aromatic nitrogens is 2. The van der Waals surface area contributed by atoms with E-state index in [0.717, 1.165) is 44.5 Å². The van der Waals surface area contributed by atoms with Gasteiger partial charge >= 0.3 is 12.5 Å². The third-order valence-electron chi connectivity index (χ3n) is 10.5. The number of alkyl halides is 5. The molecule has 2 aromatic rings. The van der Waals surface area contributed by atoms with E-state index in [9.17, 15) is 31.5 Å². The predicted molar refractivity (Wildman–Crippen MR) is 153 cm³/mol. The van der Waals surface area contributed by atoms with Gasteiger partial charge in [-0.2, -0.15) is 13.2 Å². The van der Waals surface area contributed by atoms with Crippen LogP contribution in [0.5, 0.6) is 17.4 Å². The number of carbonyl (C=O) groups is 2. The number of carbonyl (C=O) groups excluding carboxylic acids is 2. The van der Waals surface area contributed by atoms with Crippen LogP contribution in [-0.2, 0) is 9.47 Å². The Morgan fingerprint density at radius 2 is 1.67 bits per heavy atom. The zero-order valence-corrected chi connectivity index (χ0v) is 25.6. The van der Waals surface area contributed by atoms with Crippen LogP contribution in [0, 0.1) is 0 Å². The highest BCUT2D eigenvalue weighted by Gasteiger charge is 2.71. The molecular formula is C30H31F5N6O7. The lowest BCUT2D eigenvalue weighted by Crippen LogP contribution is -2.82. The highest BCUT2D eigenvalue weighted by Crippen LogP contribution is 2.65. The second-order valence-corrected chi connectivity index (χ2v) is 13.5. The summed E-state index contributed by atoms with van der Waals surface area (Å²) in [6.07, 6.45) is -5.87. The Labute approximate surface area is 269 Å². The van der Waals surface area contributed by atoms with E-state index < -0.39 is 60.0 Å². The first-order chi connectivity index (χ1) is 22.7. The van der Waals surface area contributed by atoms with Crippen LogP contribution in [0.2, 0.25) is 0 Å². The molecule has 6 fully saturated rings. The van der Waals surface area contributed by atoms with Crippen molar-refractivity contribution in [1.82, 2.24) is 20.2 Å². The second kappa shape index (κ2) is 10.2. The van der Waals surface area contributed by atoms with Gasteiger partial charge in [-0.05, 0) is 38.2 Å². The molecule has 13 nitrogen and oxygen atoms in total. The van der Waals surface area contributed by atoms with E-state index in [2.05, 4.69) is 40.3 Å². The van der Waals surface area contributed by atoms with E-state index in [1.807, 2.05) is 0 Å². The molecule has 4 heterocycles. The third kappa shape index (κ3) is 4.81. The largest absolute Gasteiger partial charge is 0.586 e. The van der Waals surface area contributed by atoms with Gasteiger partial charge < -0.3 is 39.6 Å². The molecule has 4 aliphatic carbocycles. The Morgan fingerprint density at radius 3 is 2.29 bits per heavy atom. The van der Waals surface area contributed by atoms with E-state index >= 15 is 0 Å². The number of rotatable bonds is 8. The number of benzene rings is 1. The molecule has 4 saturated carbocycles. The zero-order valence-electron chi connectivity index (χ0n) is 25.6. The molecule has 0 spiro atoms. The molecule has 4 bridgehead atoms. The van der Waals surface area contributed by atoms with Crippen molar-refractivity contribution in [2.75, 3.05) is 50.7 Å².